The van der Waals surface area contributed by atoms with Crippen LogP contribution in [0.5, 0.6) is 0 Å². The fourth-order valence-electron chi connectivity index (χ4n) is 1.89. The van der Waals surface area contributed by atoms with Gasteiger partial charge in [0.25, 0.3) is 0 Å². The monoisotopic (exact) mass is 225 g/mol. The van der Waals surface area contributed by atoms with Crippen molar-refractivity contribution < 1.29 is 9.90 Å². The third kappa shape index (κ3) is 2.13. The maximum absolute atomic E-state index is 10.8. The molecule has 80 valence electrons. The molecule has 2 N–H and O–H groups in total. The second-order valence-electron chi connectivity index (χ2n) is 3.69. The van der Waals surface area contributed by atoms with E-state index in [2.05, 4.69) is 5.32 Å². The maximum Gasteiger partial charge on any atom is 0.337 e. The summed E-state index contributed by atoms with van der Waals surface area (Å²) in [5.41, 5.74) is 1.24. The largest absolute Gasteiger partial charge is 0.478 e. The number of nitrogens with one attached hydrogen (secondary N) is 1. The Morgan fingerprint density at radius 3 is 2.87 bits per heavy atom. The molecule has 0 radical (unpaired) electrons. The van der Waals surface area contributed by atoms with E-state index >= 15 is 0 Å². The van der Waals surface area contributed by atoms with E-state index in [1.165, 1.54) is 0 Å². The number of hydrogen-bond donors (Lipinski definition) is 2. The topological polar surface area (TPSA) is 49.3 Å². The van der Waals surface area contributed by atoms with Crippen molar-refractivity contribution >= 4 is 17.6 Å². The first-order valence-electron chi connectivity index (χ1n) is 4.94. The van der Waals surface area contributed by atoms with Gasteiger partial charge in [-0.1, -0.05) is 17.7 Å². The van der Waals surface area contributed by atoms with Crippen molar-refractivity contribution in [2.75, 3.05) is 6.54 Å². The van der Waals surface area contributed by atoms with Crippen LogP contribution >= 0.6 is 11.6 Å². The van der Waals surface area contributed by atoms with Crippen molar-refractivity contribution in [2.24, 2.45) is 0 Å². The molecule has 4 heteroatoms. The number of hydrogen-bond acceptors (Lipinski definition) is 2. The van der Waals surface area contributed by atoms with Gasteiger partial charge in [-0.05, 0) is 37.1 Å². The van der Waals surface area contributed by atoms with Gasteiger partial charge in [-0.15, -0.1) is 0 Å². The number of carboxylic acids is 1. The lowest BCUT2D eigenvalue weighted by Crippen LogP contribution is -2.13. The van der Waals surface area contributed by atoms with Crippen LogP contribution in [0, 0.1) is 0 Å². The van der Waals surface area contributed by atoms with Crippen LogP contribution in [0.3, 0.4) is 0 Å². The zero-order chi connectivity index (χ0) is 10.8. The number of halogens is 1. The van der Waals surface area contributed by atoms with Gasteiger partial charge >= 0.3 is 5.97 Å². The number of carbonyl (C=O) groups is 1. The Labute approximate surface area is 93.1 Å². The summed E-state index contributed by atoms with van der Waals surface area (Å²) in [5.74, 6) is -0.981. The van der Waals surface area contributed by atoms with E-state index in [4.69, 9.17) is 16.7 Å². The number of benzene rings is 1. The minimum Gasteiger partial charge on any atom is -0.478 e. The number of aromatic carboxylic acids is 1. The van der Waals surface area contributed by atoms with E-state index in [1.807, 2.05) is 6.07 Å². The smallest absolute Gasteiger partial charge is 0.337 e. The second kappa shape index (κ2) is 4.21. The van der Waals surface area contributed by atoms with Crippen LogP contribution in [-0.2, 0) is 0 Å². The average molecular weight is 226 g/mol. The molecular formula is C11H12ClNO2. The Hall–Kier alpha value is -1.06. The Morgan fingerprint density at radius 1 is 1.53 bits per heavy atom. The zero-order valence-electron chi connectivity index (χ0n) is 8.16. The third-order valence-electron chi connectivity index (χ3n) is 2.69. The van der Waals surface area contributed by atoms with Crippen molar-refractivity contribution in [3.05, 3.63) is 34.3 Å². The van der Waals surface area contributed by atoms with Gasteiger partial charge < -0.3 is 10.4 Å². The molecule has 0 aliphatic carbocycles. The summed E-state index contributed by atoms with van der Waals surface area (Å²) in [6, 6.07) is 5.47. The standard InChI is InChI=1S/C11H12ClNO2/c12-9-6-7(10-2-1-5-13-10)3-4-8(9)11(14)15/h3-4,6,10,13H,1-2,5H2,(H,14,15)/t10-/m0/s1. The van der Waals surface area contributed by atoms with Crippen LogP contribution in [0.15, 0.2) is 18.2 Å². The molecule has 15 heavy (non-hydrogen) atoms. The molecule has 1 fully saturated rings. The van der Waals surface area contributed by atoms with Gasteiger partial charge in [0, 0.05) is 6.04 Å². The average Bonchev–Trinajstić information content (AvgIpc) is 2.69. The SMILES string of the molecule is O=C(O)c1ccc([C@@H]2CCCN2)cc1Cl. The van der Waals surface area contributed by atoms with Gasteiger partial charge in [0.2, 0.25) is 0 Å². The van der Waals surface area contributed by atoms with Crippen molar-refractivity contribution in [3.8, 4) is 0 Å². The normalized spacial score (nSPS) is 20.5. The van der Waals surface area contributed by atoms with Crippen molar-refractivity contribution in [1.29, 1.82) is 0 Å². The first-order valence-corrected chi connectivity index (χ1v) is 5.32. The minimum atomic E-state index is -0.981. The summed E-state index contributed by atoms with van der Waals surface area (Å²) in [4.78, 5) is 10.8. The summed E-state index contributed by atoms with van der Waals surface area (Å²) in [7, 11) is 0. The van der Waals surface area contributed by atoms with E-state index in [1.54, 1.807) is 12.1 Å². The predicted molar refractivity (Wildman–Crippen MR) is 58.4 cm³/mol. The zero-order valence-corrected chi connectivity index (χ0v) is 8.92. The summed E-state index contributed by atoms with van der Waals surface area (Å²) >= 11 is 5.89. The molecule has 0 saturated carbocycles. The van der Waals surface area contributed by atoms with Crippen molar-refractivity contribution in [1.82, 2.24) is 5.32 Å². The predicted octanol–water partition coefficient (Wildman–Crippen LogP) is 2.46. The molecule has 1 atom stereocenters. The highest BCUT2D eigenvalue weighted by molar-refractivity contribution is 6.33. The molecule has 1 heterocycles. The highest BCUT2D eigenvalue weighted by Crippen LogP contribution is 2.27. The molecule has 1 saturated heterocycles. The van der Waals surface area contributed by atoms with Crippen LogP contribution in [0.4, 0.5) is 0 Å². The van der Waals surface area contributed by atoms with Crippen LogP contribution in [-0.4, -0.2) is 17.6 Å². The molecule has 1 aliphatic rings. The van der Waals surface area contributed by atoms with Gasteiger partial charge in [0.15, 0.2) is 0 Å². The van der Waals surface area contributed by atoms with Crippen molar-refractivity contribution in [2.45, 2.75) is 18.9 Å². The lowest BCUT2D eigenvalue weighted by molar-refractivity contribution is 0.0697. The number of carboxylic acid groups (broad SMARTS) is 1. The molecule has 0 amide bonds. The van der Waals surface area contributed by atoms with Crippen molar-refractivity contribution in [3.63, 3.8) is 0 Å². The van der Waals surface area contributed by atoms with Crippen LogP contribution in [0.1, 0.15) is 34.8 Å². The quantitative estimate of drug-likeness (QED) is 0.813. The molecule has 3 nitrogen and oxygen atoms in total. The molecule has 1 aromatic rings. The van der Waals surface area contributed by atoms with Gasteiger partial charge in [-0.25, -0.2) is 4.79 Å². The Kier molecular flexibility index (Phi) is 2.93. The Morgan fingerprint density at radius 2 is 2.33 bits per heavy atom. The minimum absolute atomic E-state index is 0.165. The maximum atomic E-state index is 10.8. The first-order chi connectivity index (χ1) is 7.18. The third-order valence-corrected chi connectivity index (χ3v) is 3.00. The highest BCUT2D eigenvalue weighted by atomic mass is 35.5. The fraction of sp³-hybridized carbons (Fsp3) is 0.364. The van der Waals surface area contributed by atoms with E-state index in [-0.39, 0.29) is 5.56 Å². The molecule has 1 aromatic carbocycles. The first kappa shape index (κ1) is 10.5. The lowest BCUT2D eigenvalue weighted by Gasteiger charge is -2.11. The summed E-state index contributed by atoms with van der Waals surface area (Å²) in [5, 5.41) is 12.5. The molecule has 0 spiro atoms. The van der Waals surface area contributed by atoms with E-state index in [9.17, 15) is 4.79 Å². The summed E-state index contributed by atoms with van der Waals surface area (Å²) < 4.78 is 0. The van der Waals surface area contributed by atoms with Crippen LogP contribution in [0.2, 0.25) is 5.02 Å². The summed E-state index contributed by atoms with van der Waals surface area (Å²) in [6.45, 7) is 1.02. The molecular weight excluding hydrogens is 214 g/mol. The van der Waals surface area contributed by atoms with E-state index in [0.717, 1.165) is 24.9 Å². The van der Waals surface area contributed by atoms with Gasteiger partial charge in [0.05, 0.1) is 10.6 Å². The Bertz CT molecular complexity index is 386. The second-order valence-corrected chi connectivity index (χ2v) is 4.10. The summed E-state index contributed by atoms with van der Waals surface area (Å²) in [6.07, 6.45) is 2.24. The molecule has 2 rings (SSSR count). The Balaban J connectivity index is 2.28. The lowest BCUT2D eigenvalue weighted by atomic mass is 10.0. The molecule has 0 unspecified atom stereocenters. The highest BCUT2D eigenvalue weighted by Gasteiger charge is 2.18. The van der Waals surface area contributed by atoms with Crippen LogP contribution in [0.25, 0.3) is 0 Å². The molecule has 0 bridgehead atoms. The van der Waals surface area contributed by atoms with Crippen LogP contribution < -0.4 is 5.32 Å². The van der Waals surface area contributed by atoms with E-state index < -0.39 is 5.97 Å². The fourth-order valence-corrected chi connectivity index (χ4v) is 2.16. The van der Waals surface area contributed by atoms with Gasteiger partial charge in [-0.3, -0.25) is 0 Å². The molecule has 1 aliphatic heterocycles. The van der Waals surface area contributed by atoms with E-state index in [0.29, 0.717) is 11.1 Å². The van der Waals surface area contributed by atoms with Gasteiger partial charge in [0.1, 0.15) is 0 Å². The number of rotatable bonds is 2. The van der Waals surface area contributed by atoms with Gasteiger partial charge in [-0.2, -0.15) is 0 Å². The molecule has 0 aromatic heterocycles.